The van der Waals surface area contributed by atoms with Gasteiger partial charge in [0.2, 0.25) is 0 Å². The maximum atomic E-state index is 6.63. The zero-order valence-electron chi connectivity index (χ0n) is 26.3. The van der Waals surface area contributed by atoms with Crippen LogP contribution in [-0.2, 0) is 5.41 Å². The second kappa shape index (κ2) is 10.3. The van der Waals surface area contributed by atoms with E-state index in [1.807, 2.05) is 48.8 Å². The first-order valence-electron chi connectivity index (χ1n) is 15.9. The van der Waals surface area contributed by atoms with E-state index in [0.717, 1.165) is 72.4 Å². The van der Waals surface area contributed by atoms with Gasteiger partial charge in [0.15, 0.2) is 0 Å². The van der Waals surface area contributed by atoms with Crippen molar-refractivity contribution in [2.24, 2.45) is 0 Å². The van der Waals surface area contributed by atoms with Crippen LogP contribution < -0.4 is 4.74 Å². The summed E-state index contributed by atoms with van der Waals surface area (Å²) < 4.78 is 11.0. The van der Waals surface area contributed by atoms with Gasteiger partial charge in [-0.25, -0.2) is 15.0 Å². The number of pyridine rings is 3. The molecule has 9 aromatic rings. The summed E-state index contributed by atoms with van der Waals surface area (Å²) in [4.78, 5) is 14.7. The van der Waals surface area contributed by atoms with Crippen molar-refractivity contribution in [3.05, 3.63) is 139 Å². The van der Waals surface area contributed by atoms with Crippen LogP contribution >= 0.6 is 0 Å². The summed E-state index contributed by atoms with van der Waals surface area (Å²) in [5.41, 5.74) is 7.08. The van der Waals surface area contributed by atoms with Gasteiger partial charge < -0.3 is 4.74 Å². The average molecular weight is 610 g/mol. The molecule has 0 aliphatic heterocycles. The van der Waals surface area contributed by atoms with E-state index >= 15 is 0 Å². The van der Waals surface area contributed by atoms with Gasteiger partial charge in [-0.05, 0) is 77.0 Å². The number of fused-ring (bicyclic) bond motifs is 9. The molecule has 5 aromatic heterocycles. The summed E-state index contributed by atoms with van der Waals surface area (Å²) in [6.45, 7) is 6.69. The van der Waals surface area contributed by atoms with Gasteiger partial charge in [-0.15, -0.1) is 0 Å². The van der Waals surface area contributed by atoms with Crippen LogP contribution in [0, 0.1) is 0 Å². The number of hydrogen-bond donors (Lipinski definition) is 0. The molecule has 0 aliphatic carbocycles. The zero-order chi connectivity index (χ0) is 31.7. The molecule has 6 heteroatoms. The maximum Gasteiger partial charge on any atom is 0.147 e. The Kier molecular flexibility index (Phi) is 5.96. The van der Waals surface area contributed by atoms with Crippen LogP contribution in [0.15, 0.2) is 134 Å². The Morgan fingerprint density at radius 2 is 1.32 bits per heavy atom. The number of hydrogen-bond acceptors (Lipinski definition) is 4. The van der Waals surface area contributed by atoms with Crippen molar-refractivity contribution in [1.29, 1.82) is 0 Å². The van der Waals surface area contributed by atoms with Crippen molar-refractivity contribution < 1.29 is 4.74 Å². The van der Waals surface area contributed by atoms with Crippen LogP contribution in [0.3, 0.4) is 0 Å². The third kappa shape index (κ3) is 4.44. The minimum atomic E-state index is 0.00429. The van der Waals surface area contributed by atoms with E-state index < -0.39 is 0 Å². The van der Waals surface area contributed by atoms with E-state index in [4.69, 9.17) is 19.7 Å². The molecule has 0 amide bonds. The van der Waals surface area contributed by atoms with Gasteiger partial charge in [-0.3, -0.25) is 8.97 Å². The molecular formula is C41H31N5O. The monoisotopic (exact) mass is 609 g/mol. The van der Waals surface area contributed by atoms with Crippen LogP contribution in [-0.4, -0.2) is 23.9 Å². The first-order valence-corrected chi connectivity index (χ1v) is 15.9. The SMILES string of the molecule is CC(C)(C)c1ccnc(-n2c3ccccc3c3ccc(Oc4ccc5c6cccnc6n6cc(-c7ccccc7)nc6c5c4)cc32)c1. The van der Waals surface area contributed by atoms with Crippen LogP contribution in [0.25, 0.3) is 66.3 Å². The Bertz CT molecular complexity index is 2640. The lowest BCUT2D eigenvalue weighted by molar-refractivity contribution is 0.484. The second-order valence-corrected chi connectivity index (χ2v) is 13.1. The number of para-hydroxylation sites is 1. The van der Waals surface area contributed by atoms with E-state index in [-0.39, 0.29) is 5.41 Å². The van der Waals surface area contributed by atoms with Gasteiger partial charge in [0.25, 0.3) is 0 Å². The summed E-state index contributed by atoms with van der Waals surface area (Å²) in [6, 6.07) is 39.7. The number of aromatic nitrogens is 5. The Balaban J connectivity index is 1.20. The number of nitrogens with zero attached hydrogens (tertiary/aromatic N) is 5. The molecule has 4 aromatic carbocycles. The lowest BCUT2D eigenvalue weighted by Crippen LogP contribution is -2.12. The summed E-state index contributed by atoms with van der Waals surface area (Å²) >= 11 is 0. The molecule has 0 aliphatic rings. The third-order valence-electron chi connectivity index (χ3n) is 9.03. The lowest BCUT2D eigenvalue weighted by Gasteiger charge is -2.20. The molecule has 226 valence electrons. The summed E-state index contributed by atoms with van der Waals surface area (Å²) in [6.07, 6.45) is 5.81. The molecular weight excluding hydrogens is 578 g/mol. The fourth-order valence-electron chi connectivity index (χ4n) is 6.69. The van der Waals surface area contributed by atoms with Gasteiger partial charge in [0.1, 0.15) is 28.6 Å². The van der Waals surface area contributed by atoms with E-state index in [1.54, 1.807) is 0 Å². The van der Waals surface area contributed by atoms with E-state index in [0.29, 0.717) is 0 Å². The minimum absolute atomic E-state index is 0.00429. The molecule has 0 saturated heterocycles. The van der Waals surface area contributed by atoms with Gasteiger partial charge >= 0.3 is 0 Å². The van der Waals surface area contributed by atoms with Crippen molar-refractivity contribution in [3.63, 3.8) is 0 Å². The standard InChI is InChI=1S/C41H31N5O/c1-41(2,3)27-19-21-42-38(22-27)46-36-14-8-7-12-31(36)32-18-16-29(24-37(32)46)47-28-15-17-30-33-13-9-20-43-39(33)45-25-35(26-10-5-4-6-11-26)44-40(45)34(30)23-28/h4-25H,1-3H3. The molecule has 0 spiro atoms. The molecule has 0 saturated carbocycles. The van der Waals surface area contributed by atoms with Gasteiger partial charge in [-0.2, -0.15) is 0 Å². The quantitative estimate of drug-likeness (QED) is 0.186. The highest BCUT2D eigenvalue weighted by atomic mass is 16.5. The number of ether oxygens (including phenoxy) is 1. The van der Waals surface area contributed by atoms with Crippen molar-refractivity contribution in [1.82, 2.24) is 23.9 Å². The zero-order valence-corrected chi connectivity index (χ0v) is 26.3. The molecule has 0 N–H and O–H groups in total. The number of imidazole rings is 1. The highest BCUT2D eigenvalue weighted by Crippen LogP contribution is 2.38. The Morgan fingerprint density at radius 3 is 2.17 bits per heavy atom. The maximum absolute atomic E-state index is 6.63. The van der Waals surface area contributed by atoms with Gasteiger partial charge in [0, 0.05) is 51.8 Å². The average Bonchev–Trinajstić information content (AvgIpc) is 3.69. The van der Waals surface area contributed by atoms with E-state index in [9.17, 15) is 0 Å². The first-order chi connectivity index (χ1) is 22.9. The third-order valence-corrected chi connectivity index (χ3v) is 9.03. The molecule has 6 nitrogen and oxygen atoms in total. The number of rotatable bonds is 4. The fraction of sp³-hybridized carbons (Fsp3) is 0.0976. The smallest absolute Gasteiger partial charge is 0.147 e. The molecule has 0 atom stereocenters. The second-order valence-electron chi connectivity index (χ2n) is 13.1. The Labute approximate surface area is 271 Å². The topological polar surface area (TPSA) is 57.2 Å². The summed E-state index contributed by atoms with van der Waals surface area (Å²) in [5.74, 6) is 2.38. The lowest BCUT2D eigenvalue weighted by atomic mass is 9.88. The molecule has 0 bridgehead atoms. The predicted molar refractivity (Wildman–Crippen MR) is 191 cm³/mol. The highest BCUT2D eigenvalue weighted by molar-refractivity contribution is 6.12. The Morgan fingerprint density at radius 1 is 0.574 bits per heavy atom. The van der Waals surface area contributed by atoms with Crippen molar-refractivity contribution in [2.45, 2.75) is 26.2 Å². The first kappa shape index (κ1) is 27.3. The number of benzene rings is 4. The Hall–Kier alpha value is -6.01. The molecule has 5 heterocycles. The van der Waals surface area contributed by atoms with Gasteiger partial charge in [-0.1, -0.05) is 69.3 Å². The van der Waals surface area contributed by atoms with Crippen molar-refractivity contribution in [3.8, 4) is 28.6 Å². The summed E-state index contributed by atoms with van der Waals surface area (Å²) in [5, 5.41) is 5.48. The van der Waals surface area contributed by atoms with E-state index in [2.05, 4.69) is 115 Å². The van der Waals surface area contributed by atoms with Crippen LogP contribution in [0.1, 0.15) is 26.3 Å². The largest absolute Gasteiger partial charge is 0.457 e. The van der Waals surface area contributed by atoms with Crippen LogP contribution in [0.4, 0.5) is 0 Å². The molecule has 0 radical (unpaired) electrons. The highest BCUT2D eigenvalue weighted by Gasteiger charge is 2.19. The molecule has 0 unspecified atom stereocenters. The molecule has 9 rings (SSSR count). The minimum Gasteiger partial charge on any atom is -0.457 e. The molecule has 0 fully saturated rings. The van der Waals surface area contributed by atoms with Crippen LogP contribution in [0.5, 0.6) is 11.5 Å². The van der Waals surface area contributed by atoms with Crippen molar-refractivity contribution in [2.75, 3.05) is 0 Å². The predicted octanol–water partition coefficient (Wildman–Crippen LogP) is 10.3. The molecule has 47 heavy (non-hydrogen) atoms. The van der Waals surface area contributed by atoms with Crippen LogP contribution in [0.2, 0.25) is 0 Å². The van der Waals surface area contributed by atoms with Gasteiger partial charge in [0.05, 0.1) is 16.7 Å². The van der Waals surface area contributed by atoms with E-state index in [1.165, 1.54) is 10.9 Å². The fourth-order valence-corrected chi connectivity index (χ4v) is 6.69. The van der Waals surface area contributed by atoms with Crippen molar-refractivity contribution >= 4 is 49.3 Å². The summed E-state index contributed by atoms with van der Waals surface area (Å²) in [7, 11) is 0. The normalized spacial score (nSPS) is 12.1.